The van der Waals surface area contributed by atoms with Gasteiger partial charge in [0.1, 0.15) is 6.10 Å². The number of hydrogen-bond donors (Lipinski definition) is 1. The van der Waals surface area contributed by atoms with E-state index in [4.69, 9.17) is 0 Å². The minimum absolute atomic E-state index is 0.00919. The van der Waals surface area contributed by atoms with Crippen LogP contribution in [-0.4, -0.2) is 17.0 Å². The van der Waals surface area contributed by atoms with Gasteiger partial charge in [-0.25, -0.2) is 0 Å². The predicted molar refractivity (Wildman–Crippen MR) is 56.9 cm³/mol. The smallest absolute Gasteiger partial charge is 0.164 e. The number of carbonyl (C=O) groups excluding carboxylic acids is 1. The van der Waals surface area contributed by atoms with Crippen LogP contribution < -0.4 is 0 Å². The third-order valence-electron chi connectivity index (χ3n) is 3.66. The predicted octanol–water partition coefficient (Wildman–Crippen LogP) is 2.25. The monoisotopic (exact) mass is 198 g/mol. The quantitative estimate of drug-likeness (QED) is 0.648. The first-order valence-corrected chi connectivity index (χ1v) is 5.32. The van der Waals surface area contributed by atoms with Crippen LogP contribution in [0.1, 0.15) is 41.5 Å². The zero-order valence-electron chi connectivity index (χ0n) is 10.1. The molecular weight excluding hydrogens is 176 g/mol. The van der Waals surface area contributed by atoms with Gasteiger partial charge in [0.15, 0.2) is 5.78 Å². The number of ketones is 1. The van der Waals surface area contributed by atoms with Gasteiger partial charge in [0.25, 0.3) is 0 Å². The number of carbonyl (C=O) groups is 1. The molecule has 0 aromatic carbocycles. The Bertz CT molecular complexity index is 248. The Labute approximate surface area is 86.7 Å². The summed E-state index contributed by atoms with van der Waals surface area (Å²) in [5, 5.41) is 9.88. The van der Waals surface area contributed by atoms with Crippen LogP contribution in [0.4, 0.5) is 0 Å². The van der Waals surface area contributed by atoms with Gasteiger partial charge in [0, 0.05) is 11.3 Å². The van der Waals surface area contributed by atoms with Crippen molar-refractivity contribution in [2.75, 3.05) is 0 Å². The van der Waals surface area contributed by atoms with E-state index in [9.17, 15) is 9.90 Å². The molecule has 0 spiro atoms. The molecule has 0 aromatic rings. The first-order chi connectivity index (χ1) is 6.10. The average Bonchev–Trinajstić information content (AvgIpc) is 2.10. The van der Waals surface area contributed by atoms with Crippen LogP contribution in [0.2, 0.25) is 0 Å². The van der Waals surface area contributed by atoms with E-state index in [1.54, 1.807) is 0 Å². The van der Waals surface area contributed by atoms with Gasteiger partial charge < -0.3 is 5.11 Å². The highest BCUT2D eigenvalue weighted by molar-refractivity contribution is 5.88. The summed E-state index contributed by atoms with van der Waals surface area (Å²) in [5.74, 6) is 0.229. The summed E-state index contributed by atoms with van der Waals surface area (Å²) in [5.41, 5.74) is -0.231. The van der Waals surface area contributed by atoms with Gasteiger partial charge in [-0.2, -0.15) is 0 Å². The molecule has 1 saturated carbocycles. The minimum atomic E-state index is -0.790. The number of aliphatic hydroxyl groups excluding tert-OH is 1. The first-order valence-electron chi connectivity index (χ1n) is 5.32. The molecule has 0 radical (unpaired) electrons. The fourth-order valence-corrected chi connectivity index (χ4v) is 3.46. The molecule has 0 aromatic heterocycles. The van der Waals surface area contributed by atoms with Gasteiger partial charge in [-0.05, 0) is 11.3 Å². The molecule has 14 heavy (non-hydrogen) atoms. The molecule has 1 fully saturated rings. The van der Waals surface area contributed by atoms with Gasteiger partial charge in [-0.3, -0.25) is 4.79 Å². The van der Waals surface area contributed by atoms with Crippen LogP contribution in [0.5, 0.6) is 0 Å². The van der Waals surface area contributed by atoms with Crippen LogP contribution in [0, 0.1) is 22.7 Å². The molecule has 0 saturated heterocycles. The number of rotatable bonds is 0. The molecule has 1 aliphatic rings. The Morgan fingerprint density at radius 2 is 1.71 bits per heavy atom. The standard InChI is InChI=1S/C12H22O2/c1-7-8(13)10(14)12(5,6)9(7)11(2,3)4/h7,9-10,14H,1-6H3. The van der Waals surface area contributed by atoms with Gasteiger partial charge in [-0.1, -0.05) is 41.5 Å². The van der Waals surface area contributed by atoms with Gasteiger partial charge >= 0.3 is 0 Å². The second kappa shape index (κ2) is 3.06. The first kappa shape index (κ1) is 11.7. The lowest BCUT2D eigenvalue weighted by atomic mass is 9.65. The summed E-state index contributed by atoms with van der Waals surface area (Å²) in [4.78, 5) is 11.7. The van der Waals surface area contributed by atoms with Crippen molar-refractivity contribution in [1.82, 2.24) is 0 Å². The molecule has 82 valence electrons. The van der Waals surface area contributed by atoms with Crippen LogP contribution in [0.15, 0.2) is 0 Å². The van der Waals surface area contributed by atoms with Crippen molar-refractivity contribution in [2.24, 2.45) is 22.7 Å². The van der Waals surface area contributed by atoms with Crippen LogP contribution in [0.25, 0.3) is 0 Å². The molecule has 0 bridgehead atoms. The Hall–Kier alpha value is -0.370. The lowest BCUT2D eigenvalue weighted by molar-refractivity contribution is -0.129. The van der Waals surface area contributed by atoms with E-state index >= 15 is 0 Å². The summed E-state index contributed by atoms with van der Waals surface area (Å²) in [6.45, 7) is 12.4. The molecule has 3 unspecified atom stereocenters. The zero-order chi connectivity index (χ0) is 11.3. The number of Topliss-reactive ketones (excluding diaryl/α,β-unsaturated/α-hetero) is 1. The van der Waals surface area contributed by atoms with Crippen LogP contribution in [-0.2, 0) is 4.79 Å². The Kier molecular flexibility index (Phi) is 2.56. The highest BCUT2D eigenvalue weighted by Gasteiger charge is 2.56. The van der Waals surface area contributed by atoms with Crippen molar-refractivity contribution in [3.8, 4) is 0 Å². The maximum Gasteiger partial charge on any atom is 0.164 e. The van der Waals surface area contributed by atoms with Gasteiger partial charge in [0.2, 0.25) is 0 Å². The van der Waals surface area contributed by atoms with Crippen LogP contribution in [0.3, 0.4) is 0 Å². The van der Waals surface area contributed by atoms with Crippen molar-refractivity contribution in [2.45, 2.75) is 47.6 Å². The molecule has 1 N–H and O–H groups in total. The summed E-state index contributed by atoms with van der Waals surface area (Å²) < 4.78 is 0. The van der Waals surface area contributed by atoms with Gasteiger partial charge in [0.05, 0.1) is 0 Å². The number of aliphatic hydroxyl groups is 1. The third-order valence-corrected chi connectivity index (χ3v) is 3.66. The second-order valence-corrected chi connectivity index (χ2v) is 6.26. The topological polar surface area (TPSA) is 37.3 Å². The third kappa shape index (κ3) is 1.50. The Balaban J connectivity index is 3.13. The fourth-order valence-electron chi connectivity index (χ4n) is 3.46. The minimum Gasteiger partial charge on any atom is -0.385 e. The van der Waals surface area contributed by atoms with Crippen LogP contribution >= 0.6 is 0 Å². The summed E-state index contributed by atoms with van der Waals surface area (Å²) in [7, 11) is 0. The summed E-state index contributed by atoms with van der Waals surface area (Å²) in [6, 6.07) is 0. The highest BCUT2D eigenvalue weighted by Crippen LogP contribution is 2.52. The lowest BCUT2D eigenvalue weighted by Gasteiger charge is -2.40. The van der Waals surface area contributed by atoms with E-state index in [1.807, 2.05) is 20.8 Å². The van der Waals surface area contributed by atoms with Crippen molar-refractivity contribution in [3.05, 3.63) is 0 Å². The fraction of sp³-hybridized carbons (Fsp3) is 0.917. The molecular formula is C12H22O2. The summed E-state index contributed by atoms with van der Waals surface area (Å²) in [6.07, 6.45) is -0.790. The maximum atomic E-state index is 11.7. The molecule has 0 amide bonds. The Morgan fingerprint density at radius 1 is 1.29 bits per heavy atom. The molecule has 0 aliphatic heterocycles. The number of hydrogen-bond acceptors (Lipinski definition) is 2. The molecule has 1 rings (SSSR count). The largest absolute Gasteiger partial charge is 0.385 e. The van der Waals surface area contributed by atoms with E-state index < -0.39 is 6.10 Å². The van der Waals surface area contributed by atoms with E-state index in [0.717, 1.165) is 0 Å². The highest BCUT2D eigenvalue weighted by atomic mass is 16.3. The average molecular weight is 198 g/mol. The molecule has 2 nitrogen and oxygen atoms in total. The maximum absolute atomic E-state index is 11.7. The molecule has 1 aliphatic carbocycles. The van der Waals surface area contributed by atoms with E-state index in [-0.39, 0.29) is 28.4 Å². The van der Waals surface area contributed by atoms with E-state index in [2.05, 4.69) is 20.8 Å². The molecule has 2 heteroatoms. The van der Waals surface area contributed by atoms with E-state index in [1.165, 1.54) is 0 Å². The van der Waals surface area contributed by atoms with Crippen molar-refractivity contribution in [3.63, 3.8) is 0 Å². The normalized spacial score (nSPS) is 37.6. The van der Waals surface area contributed by atoms with E-state index in [0.29, 0.717) is 0 Å². The van der Waals surface area contributed by atoms with Crippen molar-refractivity contribution < 1.29 is 9.90 Å². The summed E-state index contributed by atoms with van der Waals surface area (Å²) >= 11 is 0. The molecule has 3 atom stereocenters. The lowest BCUT2D eigenvalue weighted by Crippen LogP contribution is -2.37. The second-order valence-electron chi connectivity index (χ2n) is 6.26. The SMILES string of the molecule is CC1C(=O)C(O)C(C)(C)C1C(C)(C)C. The Morgan fingerprint density at radius 3 is 1.86 bits per heavy atom. The molecule has 0 heterocycles. The van der Waals surface area contributed by atoms with Gasteiger partial charge in [-0.15, -0.1) is 0 Å². The van der Waals surface area contributed by atoms with Crippen molar-refractivity contribution >= 4 is 5.78 Å². The zero-order valence-corrected chi connectivity index (χ0v) is 10.1. The van der Waals surface area contributed by atoms with Crippen molar-refractivity contribution in [1.29, 1.82) is 0 Å².